The van der Waals surface area contributed by atoms with E-state index in [-0.39, 0.29) is 0 Å². The Bertz CT molecular complexity index is 332. The van der Waals surface area contributed by atoms with Crippen molar-refractivity contribution >= 4 is 0 Å². The van der Waals surface area contributed by atoms with Crippen molar-refractivity contribution in [3.05, 3.63) is 12.2 Å². The molecular weight excluding hydrogens is 194 g/mol. The first kappa shape index (κ1) is 10.8. The zero-order chi connectivity index (χ0) is 11.6. The maximum absolute atomic E-state index is 4.26. The normalized spacial score (nSPS) is 37.1. The summed E-state index contributed by atoms with van der Waals surface area (Å²) >= 11 is 0. The fraction of sp³-hybridized carbons (Fsp3) is 0.867. The van der Waals surface area contributed by atoms with Crippen LogP contribution < -0.4 is 0 Å². The van der Waals surface area contributed by atoms with Gasteiger partial charge in [-0.15, -0.1) is 0 Å². The highest BCUT2D eigenvalue weighted by Gasteiger charge is 2.67. The molecule has 0 N–H and O–H groups in total. The second-order valence-corrected chi connectivity index (χ2v) is 7.65. The Balaban J connectivity index is 1.96. The summed E-state index contributed by atoms with van der Waals surface area (Å²) in [5.41, 5.74) is 3.13. The molecule has 3 rings (SSSR count). The van der Waals surface area contributed by atoms with Crippen LogP contribution in [-0.2, 0) is 0 Å². The van der Waals surface area contributed by atoms with Crippen molar-refractivity contribution < 1.29 is 0 Å². The molecule has 1 aliphatic carbocycles. The molecule has 2 saturated heterocycles. The van der Waals surface area contributed by atoms with E-state index in [1.54, 1.807) is 0 Å². The van der Waals surface area contributed by atoms with Gasteiger partial charge in [0.25, 0.3) is 0 Å². The molecule has 1 atom stereocenters. The molecule has 2 aliphatic heterocycles. The van der Waals surface area contributed by atoms with Crippen molar-refractivity contribution in [2.45, 2.75) is 58.4 Å². The highest BCUT2D eigenvalue weighted by atomic mass is 15.3. The second-order valence-electron chi connectivity index (χ2n) is 7.65. The molecule has 3 aliphatic rings. The maximum atomic E-state index is 4.26. The molecule has 0 aromatic rings. The molecule has 1 nitrogen and oxygen atoms in total. The van der Waals surface area contributed by atoms with Gasteiger partial charge in [-0.3, -0.25) is 4.90 Å². The van der Waals surface area contributed by atoms with Crippen LogP contribution >= 0.6 is 0 Å². The lowest BCUT2D eigenvalue weighted by molar-refractivity contribution is 0.0810. The monoisotopic (exact) mass is 219 g/mol. The van der Waals surface area contributed by atoms with Gasteiger partial charge in [0, 0.05) is 12.1 Å². The number of nitrogens with zero attached hydrogens (tertiary/aromatic N) is 1. The van der Waals surface area contributed by atoms with Gasteiger partial charge in [-0.2, -0.15) is 0 Å². The molecule has 0 bridgehead atoms. The summed E-state index contributed by atoms with van der Waals surface area (Å²) in [6, 6.07) is 0. The van der Waals surface area contributed by atoms with Gasteiger partial charge in [0.05, 0.1) is 0 Å². The molecule has 1 heteroatoms. The number of fused-ring (bicyclic) bond motifs is 2. The number of rotatable bonds is 1. The molecule has 1 unspecified atom stereocenters. The summed E-state index contributed by atoms with van der Waals surface area (Å²) in [5, 5.41) is 0. The minimum atomic E-state index is 0.447. The first-order valence-electron chi connectivity index (χ1n) is 6.79. The average Bonchev–Trinajstić information content (AvgIpc) is 2.77. The van der Waals surface area contributed by atoms with Gasteiger partial charge < -0.3 is 0 Å². The minimum Gasteiger partial charge on any atom is -0.293 e. The summed E-state index contributed by atoms with van der Waals surface area (Å²) in [4.78, 5) is 2.77. The zero-order valence-corrected chi connectivity index (χ0v) is 11.1. The van der Waals surface area contributed by atoms with E-state index in [2.05, 4.69) is 32.3 Å². The van der Waals surface area contributed by atoms with E-state index >= 15 is 0 Å². The third-order valence-corrected chi connectivity index (χ3v) is 5.09. The summed E-state index contributed by atoms with van der Waals surface area (Å²) < 4.78 is 0. The van der Waals surface area contributed by atoms with Gasteiger partial charge in [0.1, 0.15) is 0 Å². The van der Waals surface area contributed by atoms with Gasteiger partial charge in [-0.1, -0.05) is 32.9 Å². The molecule has 90 valence electrons. The highest BCUT2D eigenvalue weighted by molar-refractivity contribution is 5.28. The Kier molecular flexibility index (Phi) is 1.98. The SMILES string of the molecule is C=C1CN2CCC3(CC3)C2(CC(C)(C)C)C1. The molecule has 16 heavy (non-hydrogen) atoms. The third kappa shape index (κ3) is 1.33. The van der Waals surface area contributed by atoms with Gasteiger partial charge >= 0.3 is 0 Å². The molecule has 0 aromatic heterocycles. The van der Waals surface area contributed by atoms with Crippen LogP contribution in [0.4, 0.5) is 0 Å². The predicted molar refractivity (Wildman–Crippen MR) is 68.4 cm³/mol. The van der Waals surface area contributed by atoms with Crippen LogP contribution in [0.15, 0.2) is 12.2 Å². The van der Waals surface area contributed by atoms with Crippen LogP contribution in [0.5, 0.6) is 0 Å². The standard InChI is InChI=1S/C15H25N/c1-12-9-15(11-13(2,3)4)14(5-6-14)7-8-16(15)10-12/h1,5-11H2,2-4H3. The molecule has 0 radical (unpaired) electrons. The quantitative estimate of drug-likeness (QED) is 0.609. The van der Waals surface area contributed by atoms with E-state index < -0.39 is 0 Å². The fourth-order valence-corrected chi connectivity index (χ4v) is 4.51. The first-order valence-corrected chi connectivity index (χ1v) is 6.79. The van der Waals surface area contributed by atoms with Gasteiger partial charge in [0.2, 0.25) is 0 Å². The predicted octanol–water partition coefficient (Wildman–Crippen LogP) is 3.61. The van der Waals surface area contributed by atoms with Gasteiger partial charge in [-0.05, 0) is 49.5 Å². The summed E-state index contributed by atoms with van der Waals surface area (Å²) in [5.74, 6) is 0. The van der Waals surface area contributed by atoms with Crippen molar-refractivity contribution in [2.24, 2.45) is 10.8 Å². The van der Waals surface area contributed by atoms with Crippen molar-refractivity contribution in [1.29, 1.82) is 0 Å². The Morgan fingerprint density at radius 3 is 2.50 bits per heavy atom. The zero-order valence-electron chi connectivity index (χ0n) is 11.1. The Morgan fingerprint density at radius 1 is 1.25 bits per heavy atom. The van der Waals surface area contributed by atoms with E-state index in [9.17, 15) is 0 Å². The third-order valence-electron chi connectivity index (χ3n) is 5.09. The lowest BCUT2D eigenvalue weighted by Gasteiger charge is -2.42. The summed E-state index contributed by atoms with van der Waals surface area (Å²) in [6.07, 6.45) is 7.05. The van der Waals surface area contributed by atoms with E-state index in [1.165, 1.54) is 50.8 Å². The van der Waals surface area contributed by atoms with Crippen LogP contribution in [0, 0.1) is 10.8 Å². The van der Waals surface area contributed by atoms with Crippen molar-refractivity contribution in [3.8, 4) is 0 Å². The number of hydrogen-bond donors (Lipinski definition) is 0. The minimum absolute atomic E-state index is 0.447. The molecular formula is C15H25N. The largest absolute Gasteiger partial charge is 0.293 e. The lowest BCUT2D eigenvalue weighted by Crippen LogP contribution is -2.46. The topological polar surface area (TPSA) is 3.24 Å². The Morgan fingerprint density at radius 2 is 1.94 bits per heavy atom. The number of hydrogen-bond acceptors (Lipinski definition) is 1. The summed E-state index contributed by atoms with van der Waals surface area (Å²) in [7, 11) is 0. The molecule has 0 amide bonds. The van der Waals surface area contributed by atoms with Crippen LogP contribution in [0.25, 0.3) is 0 Å². The maximum Gasteiger partial charge on any atom is 0.0312 e. The molecule has 1 spiro atoms. The molecule has 1 saturated carbocycles. The Labute approximate surface area is 99.9 Å². The summed E-state index contributed by atoms with van der Waals surface area (Å²) in [6.45, 7) is 14.0. The lowest BCUT2D eigenvalue weighted by atomic mass is 9.70. The molecule has 2 heterocycles. The molecule has 3 fully saturated rings. The second kappa shape index (κ2) is 2.93. The fourth-order valence-electron chi connectivity index (χ4n) is 4.51. The van der Waals surface area contributed by atoms with Crippen molar-refractivity contribution in [1.82, 2.24) is 4.90 Å². The van der Waals surface area contributed by atoms with Crippen LogP contribution in [-0.4, -0.2) is 23.5 Å². The van der Waals surface area contributed by atoms with Gasteiger partial charge in [-0.25, -0.2) is 0 Å². The van der Waals surface area contributed by atoms with Crippen LogP contribution in [0.1, 0.15) is 52.9 Å². The Hall–Kier alpha value is -0.300. The van der Waals surface area contributed by atoms with Crippen molar-refractivity contribution in [3.63, 3.8) is 0 Å². The van der Waals surface area contributed by atoms with Crippen LogP contribution in [0.2, 0.25) is 0 Å². The van der Waals surface area contributed by atoms with E-state index in [0.717, 1.165) is 0 Å². The smallest absolute Gasteiger partial charge is 0.0312 e. The first-order chi connectivity index (χ1) is 7.37. The highest BCUT2D eigenvalue weighted by Crippen LogP contribution is 2.68. The van der Waals surface area contributed by atoms with E-state index in [0.29, 0.717) is 16.4 Å². The van der Waals surface area contributed by atoms with E-state index in [4.69, 9.17) is 0 Å². The van der Waals surface area contributed by atoms with E-state index in [1.807, 2.05) is 0 Å². The van der Waals surface area contributed by atoms with Crippen LogP contribution in [0.3, 0.4) is 0 Å². The average molecular weight is 219 g/mol. The molecule has 0 aromatic carbocycles. The van der Waals surface area contributed by atoms with Gasteiger partial charge in [0.15, 0.2) is 0 Å². The van der Waals surface area contributed by atoms with Crippen molar-refractivity contribution in [2.75, 3.05) is 13.1 Å².